The van der Waals surface area contributed by atoms with Crippen LogP contribution in [-0.4, -0.2) is 45.3 Å². The highest BCUT2D eigenvalue weighted by molar-refractivity contribution is 6.07. The van der Waals surface area contributed by atoms with Gasteiger partial charge in [0.05, 0.1) is 20.8 Å². The number of methoxy groups -OCH3 is 2. The van der Waals surface area contributed by atoms with E-state index in [9.17, 15) is 22.4 Å². The third-order valence-corrected chi connectivity index (χ3v) is 3.74. The maximum Gasteiger partial charge on any atom is 0.461 e. The zero-order valence-corrected chi connectivity index (χ0v) is 16.8. The number of nitrogens with zero attached hydrogens (tertiary/aromatic N) is 1. The van der Waals surface area contributed by atoms with E-state index in [0.717, 1.165) is 12.1 Å². The Labute approximate surface area is 175 Å². The summed E-state index contributed by atoms with van der Waals surface area (Å²) in [6, 6.07) is 8.50. The van der Waals surface area contributed by atoms with Gasteiger partial charge in [-0.15, -0.1) is 0 Å². The molecule has 2 aromatic rings. The van der Waals surface area contributed by atoms with Crippen LogP contribution in [0.1, 0.15) is 12.5 Å². The molecule has 0 bridgehead atoms. The summed E-state index contributed by atoms with van der Waals surface area (Å²) < 4.78 is 70.3. The standard InChI is InChI=1S/C20H20F4N2O5/c1-4-30-17(16-14(28-2)6-5-7-15(16)29-3)26-19(27)25-12-8-10-13(11-9-12)31-20(23,24)18(21)22/h5-11,18H,4H2,1-3H3,(H,25,27). The van der Waals surface area contributed by atoms with Gasteiger partial charge in [-0.2, -0.15) is 22.6 Å². The fourth-order valence-electron chi connectivity index (χ4n) is 2.41. The first-order valence-electron chi connectivity index (χ1n) is 8.90. The average Bonchev–Trinajstić information content (AvgIpc) is 2.73. The maximum absolute atomic E-state index is 12.9. The van der Waals surface area contributed by atoms with Crippen molar-refractivity contribution in [2.24, 2.45) is 4.99 Å². The zero-order chi connectivity index (χ0) is 23.0. The summed E-state index contributed by atoms with van der Waals surface area (Å²) in [6.45, 7) is 1.89. The van der Waals surface area contributed by atoms with Crippen LogP contribution in [0, 0.1) is 0 Å². The molecule has 1 N–H and O–H groups in total. The first-order valence-corrected chi connectivity index (χ1v) is 8.90. The Hall–Kier alpha value is -3.50. The number of aliphatic imine (C=N–C) groups is 1. The predicted molar refractivity (Wildman–Crippen MR) is 105 cm³/mol. The lowest BCUT2D eigenvalue weighted by atomic mass is 10.1. The molecule has 0 aromatic heterocycles. The molecule has 7 nitrogen and oxygen atoms in total. The first-order chi connectivity index (χ1) is 14.7. The summed E-state index contributed by atoms with van der Waals surface area (Å²) in [7, 11) is 2.87. The van der Waals surface area contributed by atoms with Crippen LogP contribution in [0.25, 0.3) is 0 Å². The van der Waals surface area contributed by atoms with Crippen molar-refractivity contribution < 1.29 is 41.3 Å². The second-order valence-corrected chi connectivity index (χ2v) is 5.81. The number of hydrogen-bond acceptors (Lipinski definition) is 5. The second-order valence-electron chi connectivity index (χ2n) is 5.81. The second kappa shape index (κ2) is 10.5. The Morgan fingerprint density at radius 1 is 1.06 bits per heavy atom. The molecule has 0 radical (unpaired) electrons. The van der Waals surface area contributed by atoms with E-state index in [1.165, 1.54) is 26.4 Å². The number of ether oxygens (including phenoxy) is 4. The summed E-state index contributed by atoms with van der Waals surface area (Å²) in [5, 5.41) is 2.41. The molecule has 0 aliphatic heterocycles. The fourth-order valence-corrected chi connectivity index (χ4v) is 2.41. The third-order valence-electron chi connectivity index (χ3n) is 3.74. The van der Waals surface area contributed by atoms with E-state index in [0.29, 0.717) is 17.1 Å². The Morgan fingerprint density at radius 2 is 1.65 bits per heavy atom. The molecular formula is C20H20F4N2O5. The van der Waals surface area contributed by atoms with Gasteiger partial charge in [0.15, 0.2) is 0 Å². The van der Waals surface area contributed by atoms with Crippen LogP contribution in [0.15, 0.2) is 47.5 Å². The van der Waals surface area contributed by atoms with Crippen LogP contribution in [0.4, 0.5) is 28.0 Å². The molecule has 0 unspecified atom stereocenters. The molecule has 11 heteroatoms. The van der Waals surface area contributed by atoms with Gasteiger partial charge in [-0.25, -0.2) is 4.79 Å². The number of benzene rings is 2. The number of carbonyl (C=O) groups is 1. The van der Waals surface area contributed by atoms with Gasteiger partial charge >= 0.3 is 18.6 Å². The van der Waals surface area contributed by atoms with E-state index < -0.39 is 24.3 Å². The van der Waals surface area contributed by atoms with Crippen molar-refractivity contribution in [1.29, 1.82) is 0 Å². The summed E-state index contributed by atoms with van der Waals surface area (Å²) >= 11 is 0. The van der Waals surface area contributed by atoms with E-state index >= 15 is 0 Å². The molecular weight excluding hydrogens is 424 g/mol. The van der Waals surface area contributed by atoms with Crippen molar-refractivity contribution in [3.05, 3.63) is 48.0 Å². The minimum atomic E-state index is -4.63. The molecule has 2 aromatic carbocycles. The summed E-state index contributed by atoms with van der Waals surface area (Å²) in [4.78, 5) is 16.3. The van der Waals surface area contributed by atoms with Gasteiger partial charge in [-0.05, 0) is 43.3 Å². The number of anilines is 1. The molecule has 0 spiro atoms. The number of nitrogens with one attached hydrogen (secondary N) is 1. The highest BCUT2D eigenvalue weighted by atomic mass is 19.3. The zero-order valence-electron chi connectivity index (χ0n) is 16.8. The van der Waals surface area contributed by atoms with Gasteiger partial charge in [0.25, 0.3) is 0 Å². The van der Waals surface area contributed by atoms with E-state index in [-0.39, 0.29) is 18.2 Å². The number of alkyl halides is 4. The van der Waals surface area contributed by atoms with E-state index in [1.54, 1.807) is 25.1 Å². The Kier molecular flexibility index (Phi) is 8.06. The van der Waals surface area contributed by atoms with Crippen LogP contribution in [0.3, 0.4) is 0 Å². The van der Waals surface area contributed by atoms with Gasteiger partial charge < -0.3 is 24.3 Å². The highest BCUT2D eigenvalue weighted by Gasteiger charge is 2.43. The molecule has 31 heavy (non-hydrogen) atoms. The Balaban J connectivity index is 2.22. The predicted octanol–water partition coefficient (Wildman–Crippen LogP) is 4.96. The molecule has 0 saturated heterocycles. The number of carbonyl (C=O) groups excluding carboxylic acids is 1. The molecule has 0 fully saturated rings. The fraction of sp³-hybridized carbons (Fsp3) is 0.300. The molecule has 0 atom stereocenters. The van der Waals surface area contributed by atoms with Crippen molar-refractivity contribution in [2.45, 2.75) is 19.5 Å². The third kappa shape index (κ3) is 6.24. The lowest BCUT2D eigenvalue weighted by Gasteiger charge is -2.17. The van der Waals surface area contributed by atoms with Crippen molar-refractivity contribution in [1.82, 2.24) is 0 Å². The lowest BCUT2D eigenvalue weighted by molar-refractivity contribution is -0.253. The van der Waals surface area contributed by atoms with Gasteiger partial charge in [-0.3, -0.25) is 0 Å². The van der Waals surface area contributed by atoms with E-state index in [4.69, 9.17) is 14.2 Å². The first kappa shape index (κ1) is 23.8. The van der Waals surface area contributed by atoms with Crippen LogP contribution in [0.5, 0.6) is 17.2 Å². The molecule has 168 valence electrons. The number of rotatable bonds is 8. The number of amides is 2. The van der Waals surface area contributed by atoms with Crippen molar-refractivity contribution in [3.63, 3.8) is 0 Å². The molecule has 2 rings (SSSR count). The van der Waals surface area contributed by atoms with Gasteiger partial charge in [0, 0.05) is 5.69 Å². The van der Waals surface area contributed by atoms with Crippen molar-refractivity contribution >= 4 is 17.6 Å². The summed E-state index contributed by atoms with van der Waals surface area (Å²) in [6.07, 6.45) is -8.61. The van der Waals surface area contributed by atoms with E-state index in [1.807, 2.05) is 0 Å². The van der Waals surface area contributed by atoms with E-state index in [2.05, 4.69) is 15.0 Å². The molecule has 0 saturated carbocycles. The van der Waals surface area contributed by atoms with Gasteiger partial charge in [-0.1, -0.05) is 6.07 Å². The molecule has 0 aliphatic carbocycles. The molecule has 0 aliphatic rings. The summed E-state index contributed by atoms with van der Waals surface area (Å²) in [5.41, 5.74) is 0.479. The van der Waals surface area contributed by atoms with Crippen LogP contribution in [-0.2, 0) is 4.74 Å². The normalized spacial score (nSPS) is 11.8. The number of urea groups is 1. The molecule has 2 amide bonds. The van der Waals surface area contributed by atoms with Crippen molar-refractivity contribution in [2.75, 3.05) is 26.1 Å². The number of hydrogen-bond donors (Lipinski definition) is 1. The topological polar surface area (TPSA) is 78.4 Å². The monoisotopic (exact) mass is 444 g/mol. The van der Waals surface area contributed by atoms with Crippen LogP contribution in [0.2, 0.25) is 0 Å². The van der Waals surface area contributed by atoms with Crippen molar-refractivity contribution in [3.8, 4) is 17.2 Å². The van der Waals surface area contributed by atoms with Gasteiger partial charge in [0.2, 0.25) is 5.90 Å². The smallest absolute Gasteiger partial charge is 0.461 e. The maximum atomic E-state index is 12.9. The summed E-state index contributed by atoms with van der Waals surface area (Å²) in [5.74, 6) is 0.160. The lowest BCUT2D eigenvalue weighted by Crippen LogP contribution is -2.33. The minimum Gasteiger partial charge on any atom is -0.496 e. The Morgan fingerprint density at radius 3 is 2.13 bits per heavy atom. The number of halogens is 4. The highest BCUT2D eigenvalue weighted by Crippen LogP contribution is 2.30. The quantitative estimate of drug-likeness (QED) is 0.354. The largest absolute Gasteiger partial charge is 0.496 e. The minimum absolute atomic E-state index is 0.0640. The Bertz CT molecular complexity index is 898. The molecule has 0 heterocycles. The van der Waals surface area contributed by atoms with Gasteiger partial charge in [0.1, 0.15) is 22.8 Å². The van der Waals surface area contributed by atoms with Crippen LogP contribution >= 0.6 is 0 Å². The van der Waals surface area contributed by atoms with Crippen LogP contribution < -0.4 is 19.5 Å². The SMILES string of the molecule is CCOC(=NC(=O)Nc1ccc(OC(F)(F)C(F)F)cc1)c1c(OC)cccc1OC. The average molecular weight is 444 g/mol.